The molecule has 0 amide bonds. The van der Waals surface area contributed by atoms with Gasteiger partial charge in [0, 0.05) is 11.8 Å². The van der Waals surface area contributed by atoms with Crippen molar-refractivity contribution in [3.8, 4) is 0 Å². The van der Waals surface area contributed by atoms with Gasteiger partial charge in [0.25, 0.3) is 0 Å². The van der Waals surface area contributed by atoms with Gasteiger partial charge in [-0.2, -0.15) is 0 Å². The van der Waals surface area contributed by atoms with Crippen LogP contribution in [-0.4, -0.2) is 12.2 Å². The third-order valence-electron chi connectivity index (χ3n) is 6.08. The fourth-order valence-electron chi connectivity index (χ4n) is 4.10. The van der Waals surface area contributed by atoms with E-state index in [1.807, 2.05) is 0 Å². The minimum absolute atomic E-state index is 0.254. The Labute approximate surface area is 182 Å². The smallest absolute Gasteiger partial charge is 0.123 e. The Morgan fingerprint density at radius 3 is 1.18 bits per heavy atom. The molecule has 0 saturated heterocycles. The lowest BCUT2D eigenvalue weighted by molar-refractivity contribution is -0.111. The Balaban J connectivity index is 3.11. The topological polar surface area (TPSA) is 17.1 Å². The van der Waals surface area contributed by atoms with Gasteiger partial charge in [0.1, 0.15) is 6.29 Å². The molecule has 168 valence electrons. The quantitative estimate of drug-likeness (QED) is 0.0871. The van der Waals surface area contributed by atoms with Crippen LogP contribution in [0.5, 0.6) is 0 Å². The molecule has 0 aromatic carbocycles. The van der Waals surface area contributed by atoms with Gasteiger partial charge in [-0.15, -0.1) is 11.6 Å². The average Bonchev–Trinajstić information content (AvgIpc) is 2.72. The summed E-state index contributed by atoms with van der Waals surface area (Å²) in [6.45, 7) is 2.29. The van der Waals surface area contributed by atoms with Gasteiger partial charge >= 0.3 is 0 Å². The first kappa shape index (κ1) is 28.0. The number of halogens is 1. The number of aldehydes is 1. The Kier molecular flexibility index (Phi) is 25.0. The van der Waals surface area contributed by atoms with E-state index in [4.69, 9.17) is 11.6 Å². The Morgan fingerprint density at radius 1 is 0.536 bits per heavy atom. The molecule has 0 N–H and O–H groups in total. The lowest BCUT2D eigenvalue weighted by atomic mass is 9.97. The fraction of sp³-hybridized carbons (Fsp3) is 0.962. The minimum atomic E-state index is 0.254. The van der Waals surface area contributed by atoms with Crippen LogP contribution in [-0.2, 0) is 4.79 Å². The van der Waals surface area contributed by atoms with Gasteiger partial charge in [0.05, 0.1) is 0 Å². The van der Waals surface area contributed by atoms with Crippen LogP contribution in [0.2, 0.25) is 0 Å². The highest BCUT2D eigenvalue weighted by molar-refractivity contribution is 6.17. The zero-order valence-corrected chi connectivity index (χ0v) is 20.0. The van der Waals surface area contributed by atoms with Gasteiger partial charge < -0.3 is 4.79 Å². The number of rotatable bonds is 24. The summed E-state index contributed by atoms with van der Waals surface area (Å²) in [6.07, 6.45) is 31.0. The standard InChI is InChI=1S/C26H51ClO/c1-2-3-4-5-6-7-8-9-10-11-12-13-14-15-16-17-18-19-20-22-26(25-28)23-21-24-27/h25-26H,2-24H2,1H3. The second-order valence-electron chi connectivity index (χ2n) is 8.88. The van der Waals surface area contributed by atoms with E-state index in [9.17, 15) is 4.79 Å². The summed E-state index contributed by atoms with van der Waals surface area (Å²) in [5.41, 5.74) is 0. The first-order valence-corrected chi connectivity index (χ1v) is 13.4. The zero-order valence-electron chi connectivity index (χ0n) is 19.2. The molecule has 0 radical (unpaired) electrons. The van der Waals surface area contributed by atoms with Gasteiger partial charge in [-0.05, 0) is 19.3 Å². The number of carbonyl (C=O) groups excluding carboxylic acids is 1. The maximum atomic E-state index is 11.0. The van der Waals surface area contributed by atoms with Gasteiger partial charge in [0.15, 0.2) is 0 Å². The summed E-state index contributed by atoms with van der Waals surface area (Å²) in [4.78, 5) is 11.0. The van der Waals surface area contributed by atoms with E-state index in [2.05, 4.69) is 6.92 Å². The Bertz CT molecular complexity index is 292. The summed E-state index contributed by atoms with van der Waals surface area (Å²) in [5, 5.41) is 0. The largest absolute Gasteiger partial charge is 0.303 e. The van der Waals surface area contributed by atoms with Gasteiger partial charge in [-0.3, -0.25) is 0 Å². The summed E-state index contributed by atoms with van der Waals surface area (Å²) in [6, 6.07) is 0. The van der Waals surface area contributed by atoms with E-state index < -0.39 is 0 Å². The van der Waals surface area contributed by atoms with Crippen molar-refractivity contribution < 1.29 is 4.79 Å². The molecule has 0 aromatic rings. The maximum Gasteiger partial charge on any atom is 0.123 e. The van der Waals surface area contributed by atoms with Crippen molar-refractivity contribution in [3.05, 3.63) is 0 Å². The van der Waals surface area contributed by atoms with E-state index >= 15 is 0 Å². The third kappa shape index (κ3) is 22.3. The zero-order chi connectivity index (χ0) is 20.5. The number of carbonyl (C=O) groups is 1. The number of hydrogen-bond donors (Lipinski definition) is 0. The van der Waals surface area contributed by atoms with Crippen molar-refractivity contribution in [2.24, 2.45) is 5.92 Å². The summed E-state index contributed by atoms with van der Waals surface area (Å²) in [7, 11) is 0. The molecule has 0 heterocycles. The first-order valence-electron chi connectivity index (χ1n) is 12.9. The van der Waals surface area contributed by atoms with Crippen molar-refractivity contribution >= 4 is 17.9 Å². The number of unbranched alkanes of at least 4 members (excludes halogenated alkanes) is 18. The third-order valence-corrected chi connectivity index (χ3v) is 6.35. The molecular formula is C26H51ClO. The van der Waals surface area contributed by atoms with Crippen LogP contribution in [0.4, 0.5) is 0 Å². The van der Waals surface area contributed by atoms with Crippen LogP contribution >= 0.6 is 11.6 Å². The molecule has 0 aliphatic rings. The van der Waals surface area contributed by atoms with E-state index in [1.54, 1.807) is 0 Å². The number of alkyl halides is 1. The highest BCUT2D eigenvalue weighted by atomic mass is 35.5. The second-order valence-corrected chi connectivity index (χ2v) is 9.26. The van der Waals surface area contributed by atoms with Crippen LogP contribution in [0.25, 0.3) is 0 Å². The monoisotopic (exact) mass is 414 g/mol. The molecule has 0 spiro atoms. The molecular weight excluding hydrogens is 364 g/mol. The highest BCUT2D eigenvalue weighted by Gasteiger charge is 2.06. The van der Waals surface area contributed by atoms with Crippen molar-refractivity contribution in [2.75, 3.05) is 5.88 Å². The first-order chi connectivity index (χ1) is 13.8. The molecule has 0 rings (SSSR count). The fourth-order valence-corrected chi connectivity index (χ4v) is 4.26. The summed E-state index contributed by atoms with van der Waals surface area (Å²) in [5.74, 6) is 0.938. The van der Waals surface area contributed by atoms with Crippen molar-refractivity contribution in [2.45, 2.75) is 148 Å². The predicted octanol–water partition coefficient (Wildman–Crippen LogP) is 9.64. The van der Waals surface area contributed by atoms with Gasteiger partial charge in [-0.1, -0.05) is 129 Å². The van der Waals surface area contributed by atoms with Crippen molar-refractivity contribution in [1.82, 2.24) is 0 Å². The molecule has 1 atom stereocenters. The molecule has 0 bridgehead atoms. The highest BCUT2D eigenvalue weighted by Crippen LogP contribution is 2.17. The van der Waals surface area contributed by atoms with Gasteiger partial charge in [0.2, 0.25) is 0 Å². The molecule has 1 nitrogen and oxygen atoms in total. The minimum Gasteiger partial charge on any atom is -0.303 e. The van der Waals surface area contributed by atoms with Crippen molar-refractivity contribution in [1.29, 1.82) is 0 Å². The van der Waals surface area contributed by atoms with E-state index in [1.165, 1.54) is 122 Å². The average molecular weight is 415 g/mol. The molecule has 0 aliphatic heterocycles. The predicted molar refractivity (Wildman–Crippen MR) is 128 cm³/mol. The molecule has 28 heavy (non-hydrogen) atoms. The Hall–Kier alpha value is -0.0400. The van der Waals surface area contributed by atoms with E-state index in [-0.39, 0.29) is 5.92 Å². The van der Waals surface area contributed by atoms with Crippen LogP contribution in [0.3, 0.4) is 0 Å². The molecule has 0 fully saturated rings. The summed E-state index contributed by atoms with van der Waals surface area (Å²) >= 11 is 5.70. The van der Waals surface area contributed by atoms with Gasteiger partial charge in [-0.25, -0.2) is 0 Å². The van der Waals surface area contributed by atoms with Crippen LogP contribution < -0.4 is 0 Å². The van der Waals surface area contributed by atoms with Crippen LogP contribution in [0.15, 0.2) is 0 Å². The van der Waals surface area contributed by atoms with Crippen molar-refractivity contribution in [3.63, 3.8) is 0 Å². The lowest BCUT2D eigenvalue weighted by Crippen LogP contribution is -2.02. The van der Waals surface area contributed by atoms with Crippen LogP contribution in [0.1, 0.15) is 148 Å². The molecule has 1 unspecified atom stereocenters. The normalized spacial score (nSPS) is 12.4. The van der Waals surface area contributed by atoms with E-state index in [0.717, 1.165) is 25.5 Å². The maximum absolute atomic E-state index is 11.0. The second kappa shape index (κ2) is 25.0. The molecule has 0 aliphatic carbocycles. The number of hydrogen-bond acceptors (Lipinski definition) is 1. The summed E-state index contributed by atoms with van der Waals surface area (Å²) < 4.78 is 0. The van der Waals surface area contributed by atoms with Crippen LogP contribution in [0, 0.1) is 5.92 Å². The lowest BCUT2D eigenvalue weighted by Gasteiger charge is -2.08. The molecule has 2 heteroatoms. The SMILES string of the molecule is CCCCCCCCCCCCCCCCCCCCCC(C=O)CCCCl. The molecule has 0 aromatic heterocycles. The van der Waals surface area contributed by atoms with E-state index in [0.29, 0.717) is 5.88 Å². The Morgan fingerprint density at radius 2 is 0.857 bits per heavy atom. The molecule has 0 saturated carbocycles.